The van der Waals surface area contributed by atoms with E-state index in [2.05, 4.69) is 14.9 Å². The number of halogens is 1. The Morgan fingerprint density at radius 3 is 2.62 bits per heavy atom. The fourth-order valence-electron chi connectivity index (χ4n) is 5.15. The van der Waals surface area contributed by atoms with Gasteiger partial charge in [-0.15, -0.1) is 11.3 Å². The first kappa shape index (κ1) is 22.9. The molecule has 1 saturated carbocycles. The van der Waals surface area contributed by atoms with Gasteiger partial charge in [0, 0.05) is 18.7 Å². The summed E-state index contributed by atoms with van der Waals surface area (Å²) in [5.41, 5.74) is 1.18. The molecule has 1 aliphatic carbocycles. The van der Waals surface area contributed by atoms with Gasteiger partial charge in [-0.25, -0.2) is 4.98 Å². The summed E-state index contributed by atoms with van der Waals surface area (Å²) in [4.78, 5) is 29.0. The molecule has 0 bridgehead atoms. The van der Waals surface area contributed by atoms with Crippen LogP contribution >= 0.6 is 30.5 Å². The van der Waals surface area contributed by atoms with Gasteiger partial charge in [-0.2, -0.15) is 4.98 Å². The molecule has 0 aromatic carbocycles. The van der Waals surface area contributed by atoms with Crippen molar-refractivity contribution in [3.8, 4) is 0 Å². The molecule has 3 fully saturated rings. The molecule has 0 radical (unpaired) electrons. The molecule has 176 valence electrons. The second kappa shape index (κ2) is 8.72. The molecule has 6 atom stereocenters. The van der Waals surface area contributed by atoms with E-state index in [0.717, 1.165) is 23.6 Å². The number of aromatic nitrogens is 2. The highest BCUT2D eigenvalue weighted by molar-refractivity contribution is 7.51. The molecular weight excluding hydrogens is 481 g/mol. The van der Waals surface area contributed by atoms with Crippen LogP contribution in [0.25, 0.3) is 10.2 Å². The lowest BCUT2D eigenvalue weighted by Gasteiger charge is -2.19. The van der Waals surface area contributed by atoms with Crippen LogP contribution in [0.2, 0.25) is 5.28 Å². The summed E-state index contributed by atoms with van der Waals surface area (Å²) in [6, 6.07) is 0. The number of aliphatic hydroxyl groups is 2. The lowest BCUT2D eigenvalue weighted by Crippen LogP contribution is -2.33. The van der Waals surface area contributed by atoms with Crippen molar-refractivity contribution in [1.82, 2.24) is 9.97 Å². The molecule has 4 N–H and O–H groups in total. The van der Waals surface area contributed by atoms with Crippen LogP contribution in [0.4, 0.5) is 5.82 Å². The second-order valence-corrected chi connectivity index (χ2v) is 11.6. The van der Waals surface area contributed by atoms with Gasteiger partial charge in [0.2, 0.25) is 5.28 Å². The van der Waals surface area contributed by atoms with Gasteiger partial charge in [0.15, 0.2) is 5.82 Å². The molecule has 2 aromatic heterocycles. The van der Waals surface area contributed by atoms with Gasteiger partial charge in [-0.05, 0) is 41.7 Å². The molecule has 0 spiro atoms. The number of nitrogens with zero attached hydrogens (tertiary/aromatic N) is 3. The maximum absolute atomic E-state index is 11.0. The average molecular weight is 506 g/mol. The van der Waals surface area contributed by atoms with Gasteiger partial charge < -0.3 is 34.4 Å². The van der Waals surface area contributed by atoms with Crippen LogP contribution in [0.15, 0.2) is 5.38 Å². The largest absolute Gasteiger partial charge is 0.387 e. The van der Waals surface area contributed by atoms with Gasteiger partial charge in [0.1, 0.15) is 30.8 Å². The Bertz CT molecular complexity index is 1040. The Hall–Kier alpha value is -0.880. The van der Waals surface area contributed by atoms with Crippen LogP contribution in [0.1, 0.15) is 30.9 Å². The quantitative estimate of drug-likeness (QED) is 0.339. The zero-order chi connectivity index (χ0) is 22.6. The first-order valence-electron chi connectivity index (χ1n) is 10.5. The van der Waals surface area contributed by atoms with Crippen LogP contribution in [-0.2, 0) is 14.0 Å². The minimum Gasteiger partial charge on any atom is -0.387 e. The van der Waals surface area contributed by atoms with E-state index in [1.54, 1.807) is 0 Å². The van der Waals surface area contributed by atoms with Crippen molar-refractivity contribution < 1.29 is 34.0 Å². The summed E-state index contributed by atoms with van der Waals surface area (Å²) in [6.45, 7) is 1.63. The van der Waals surface area contributed by atoms with Crippen molar-refractivity contribution in [2.45, 2.75) is 43.7 Å². The first-order valence-corrected chi connectivity index (χ1v) is 13.6. The normalized spacial score (nSPS) is 32.8. The highest BCUT2D eigenvalue weighted by Crippen LogP contribution is 2.45. The third-order valence-electron chi connectivity index (χ3n) is 6.63. The van der Waals surface area contributed by atoms with Gasteiger partial charge in [-0.1, -0.05) is 6.42 Å². The molecule has 5 rings (SSSR count). The number of anilines is 1. The van der Waals surface area contributed by atoms with E-state index in [1.165, 1.54) is 30.6 Å². The number of hydrogen-bond donors (Lipinski definition) is 4. The second-order valence-electron chi connectivity index (χ2n) is 8.78. The molecule has 32 heavy (non-hydrogen) atoms. The predicted octanol–water partition coefficient (Wildman–Crippen LogP) is 1.89. The van der Waals surface area contributed by atoms with Crippen molar-refractivity contribution in [2.75, 3.05) is 30.9 Å². The summed E-state index contributed by atoms with van der Waals surface area (Å²) >= 11 is 7.72. The van der Waals surface area contributed by atoms with Crippen molar-refractivity contribution in [2.24, 2.45) is 11.8 Å². The zero-order valence-corrected chi connectivity index (χ0v) is 19.5. The molecule has 13 heteroatoms. The number of ether oxygens (including phenoxy) is 2. The van der Waals surface area contributed by atoms with Crippen molar-refractivity contribution in [3.05, 3.63) is 16.2 Å². The van der Waals surface area contributed by atoms with E-state index < -0.39 is 38.4 Å². The van der Waals surface area contributed by atoms with E-state index in [-0.39, 0.29) is 11.9 Å². The summed E-state index contributed by atoms with van der Waals surface area (Å²) < 4.78 is 22.6. The molecular formula is C19H25ClN3O7PS. The summed E-state index contributed by atoms with van der Waals surface area (Å²) in [5.74, 6) is 2.16. The fraction of sp³-hybridized carbons (Fsp3) is 0.684. The number of rotatable bonds is 6. The SMILES string of the molecule is O=P(O)(O)COC[C@H]1O[C@@H](c2csc3c(N4CC5CCCC5C4)nc(Cl)nc23)[C@H](O)[C@@H]1O. The predicted molar refractivity (Wildman–Crippen MR) is 118 cm³/mol. The standard InChI is InChI=1S/C19H25ClN3O7PS/c20-19-21-13-11(16-15(25)14(24)12(30-16)6-29-8-31(26,27)28)7-32-17(13)18(22-19)23-4-9-2-1-3-10(9)5-23/h7,9-10,12,14-16,24-25H,1-6,8H2,(H2,26,27,28)/t9?,10?,12-,14-,15-,16+/m1/s1. The molecule has 2 aromatic rings. The molecule has 4 heterocycles. The third kappa shape index (κ3) is 4.31. The summed E-state index contributed by atoms with van der Waals surface area (Å²) in [6.07, 6.45) is -1.36. The van der Waals surface area contributed by atoms with Crippen LogP contribution in [0, 0.1) is 11.8 Å². The van der Waals surface area contributed by atoms with Crippen molar-refractivity contribution >= 4 is 46.6 Å². The molecule has 2 unspecified atom stereocenters. The number of hydrogen-bond acceptors (Lipinski definition) is 9. The summed E-state index contributed by atoms with van der Waals surface area (Å²) in [5, 5.41) is 22.9. The Morgan fingerprint density at radius 1 is 1.22 bits per heavy atom. The van der Waals surface area contributed by atoms with Gasteiger partial charge >= 0.3 is 7.60 Å². The van der Waals surface area contributed by atoms with Crippen LogP contribution < -0.4 is 4.90 Å². The number of thiophene rings is 1. The van der Waals surface area contributed by atoms with Gasteiger partial charge in [-0.3, -0.25) is 4.57 Å². The third-order valence-corrected chi connectivity index (χ3v) is 8.31. The van der Waals surface area contributed by atoms with E-state index in [1.807, 2.05) is 5.38 Å². The van der Waals surface area contributed by atoms with Crippen molar-refractivity contribution in [1.29, 1.82) is 0 Å². The Balaban J connectivity index is 1.39. The van der Waals surface area contributed by atoms with Crippen molar-refractivity contribution in [3.63, 3.8) is 0 Å². The monoisotopic (exact) mass is 505 g/mol. The molecule has 10 nitrogen and oxygen atoms in total. The van der Waals surface area contributed by atoms with E-state index in [0.29, 0.717) is 22.9 Å². The fourth-order valence-corrected chi connectivity index (χ4v) is 6.70. The Kier molecular flexibility index (Phi) is 6.24. The number of fused-ring (bicyclic) bond motifs is 2. The lowest BCUT2D eigenvalue weighted by molar-refractivity contribution is -0.0386. The topological polar surface area (TPSA) is 145 Å². The maximum atomic E-state index is 11.0. The first-order chi connectivity index (χ1) is 15.2. The average Bonchev–Trinajstić information content (AvgIpc) is 3.46. The smallest absolute Gasteiger partial charge is 0.350 e. The molecule has 2 aliphatic heterocycles. The zero-order valence-electron chi connectivity index (χ0n) is 17.1. The van der Waals surface area contributed by atoms with E-state index in [4.69, 9.17) is 30.9 Å². The summed E-state index contributed by atoms with van der Waals surface area (Å²) in [7, 11) is -4.34. The molecule has 2 saturated heterocycles. The van der Waals surface area contributed by atoms with Gasteiger partial charge in [0.25, 0.3) is 0 Å². The van der Waals surface area contributed by atoms with E-state index in [9.17, 15) is 14.8 Å². The number of aliphatic hydroxyl groups excluding tert-OH is 2. The highest BCUT2D eigenvalue weighted by atomic mass is 35.5. The Labute approximate surface area is 193 Å². The Morgan fingerprint density at radius 2 is 1.94 bits per heavy atom. The molecule has 3 aliphatic rings. The molecule has 0 amide bonds. The van der Waals surface area contributed by atoms with Gasteiger partial charge in [0.05, 0.1) is 16.8 Å². The minimum absolute atomic E-state index is 0.110. The van der Waals surface area contributed by atoms with Crippen LogP contribution in [-0.4, -0.2) is 74.3 Å². The maximum Gasteiger partial charge on any atom is 0.350 e. The lowest BCUT2D eigenvalue weighted by atomic mass is 10.0. The minimum atomic E-state index is -4.34. The van der Waals surface area contributed by atoms with Crippen LogP contribution in [0.5, 0.6) is 0 Å². The van der Waals surface area contributed by atoms with E-state index >= 15 is 0 Å². The highest BCUT2D eigenvalue weighted by Gasteiger charge is 2.45. The van der Waals surface area contributed by atoms with Crippen LogP contribution in [0.3, 0.4) is 0 Å².